The highest BCUT2D eigenvalue weighted by Crippen LogP contribution is 2.19. The molecule has 0 saturated heterocycles. The number of hydrazine groups is 1. The smallest absolute Gasteiger partial charge is 0.272 e. The molecule has 0 bridgehead atoms. The zero-order chi connectivity index (χ0) is 19.1. The van der Waals surface area contributed by atoms with E-state index in [4.69, 9.17) is 11.6 Å². The van der Waals surface area contributed by atoms with Crippen molar-refractivity contribution in [2.75, 3.05) is 0 Å². The third kappa shape index (κ3) is 5.56. The number of rotatable bonds is 5. The number of halogens is 2. The van der Waals surface area contributed by atoms with Gasteiger partial charge in [0.2, 0.25) is 11.8 Å². The second-order valence-electron chi connectivity index (χ2n) is 5.49. The summed E-state index contributed by atoms with van der Waals surface area (Å²) in [5.74, 6) is -2.34. The predicted octanol–water partition coefficient (Wildman–Crippen LogP) is 2.51. The lowest BCUT2D eigenvalue weighted by Crippen LogP contribution is -2.43. The minimum Gasteiger partial charge on any atom is -0.349 e. The van der Waals surface area contributed by atoms with Crippen molar-refractivity contribution in [3.8, 4) is 0 Å². The van der Waals surface area contributed by atoms with Gasteiger partial charge in [-0.1, -0.05) is 35.9 Å². The molecule has 0 aliphatic rings. The van der Waals surface area contributed by atoms with Gasteiger partial charge >= 0.3 is 0 Å². The molecule has 0 aliphatic heterocycles. The maximum absolute atomic E-state index is 13.5. The second kappa shape index (κ2) is 8.96. The number of carbonyl (C=O) groups is 3. The molecular weight excluding hydrogens is 361 g/mol. The largest absolute Gasteiger partial charge is 0.349 e. The number of benzene rings is 2. The lowest BCUT2D eigenvalue weighted by Gasteiger charge is -2.18. The molecule has 0 aliphatic carbocycles. The average Bonchev–Trinajstić information content (AvgIpc) is 2.60. The summed E-state index contributed by atoms with van der Waals surface area (Å²) < 4.78 is 13.5. The van der Waals surface area contributed by atoms with E-state index in [9.17, 15) is 18.8 Å². The molecule has 0 saturated carbocycles. The van der Waals surface area contributed by atoms with Gasteiger partial charge in [0.1, 0.15) is 5.82 Å². The van der Waals surface area contributed by atoms with Crippen molar-refractivity contribution in [2.24, 2.45) is 0 Å². The molecular formula is C18H17ClFN3O3. The Balaban J connectivity index is 1.98. The van der Waals surface area contributed by atoms with Gasteiger partial charge in [-0.3, -0.25) is 25.2 Å². The van der Waals surface area contributed by atoms with Gasteiger partial charge in [-0.05, 0) is 29.8 Å². The van der Waals surface area contributed by atoms with Gasteiger partial charge in [0.15, 0.2) is 0 Å². The first-order valence-corrected chi connectivity index (χ1v) is 8.11. The summed E-state index contributed by atoms with van der Waals surface area (Å²) in [4.78, 5) is 35.4. The zero-order valence-electron chi connectivity index (χ0n) is 13.9. The fourth-order valence-corrected chi connectivity index (χ4v) is 2.39. The molecule has 136 valence electrons. The van der Waals surface area contributed by atoms with Crippen LogP contribution in [0.4, 0.5) is 4.39 Å². The molecule has 2 rings (SSSR count). The Morgan fingerprint density at radius 3 is 2.31 bits per heavy atom. The van der Waals surface area contributed by atoms with Crippen molar-refractivity contribution < 1.29 is 18.8 Å². The molecule has 8 heteroatoms. The summed E-state index contributed by atoms with van der Waals surface area (Å²) in [6, 6.07) is 11.5. The number of hydrogen-bond acceptors (Lipinski definition) is 3. The van der Waals surface area contributed by atoms with Crippen molar-refractivity contribution in [1.29, 1.82) is 0 Å². The van der Waals surface area contributed by atoms with Gasteiger partial charge in [-0.25, -0.2) is 4.39 Å². The first-order valence-electron chi connectivity index (χ1n) is 7.73. The molecule has 0 fully saturated rings. The Labute approximate surface area is 154 Å². The number of nitrogens with one attached hydrogen (secondary N) is 3. The molecule has 6 nitrogen and oxygen atoms in total. The Kier molecular flexibility index (Phi) is 6.68. The van der Waals surface area contributed by atoms with E-state index < -0.39 is 23.7 Å². The van der Waals surface area contributed by atoms with Crippen LogP contribution in [0.3, 0.4) is 0 Å². The summed E-state index contributed by atoms with van der Waals surface area (Å²) in [5, 5.41) is 3.18. The van der Waals surface area contributed by atoms with Crippen molar-refractivity contribution in [3.63, 3.8) is 0 Å². The molecule has 1 atom stereocenters. The predicted molar refractivity (Wildman–Crippen MR) is 94.6 cm³/mol. The fourth-order valence-electron chi connectivity index (χ4n) is 2.27. The van der Waals surface area contributed by atoms with Gasteiger partial charge in [0.05, 0.1) is 18.0 Å². The molecule has 0 spiro atoms. The van der Waals surface area contributed by atoms with E-state index in [-0.39, 0.29) is 17.9 Å². The van der Waals surface area contributed by atoms with Crippen molar-refractivity contribution in [3.05, 3.63) is 70.5 Å². The van der Waals surface area contributed by atoms with E-state index in [0.717, 1.165) is 6.07 Å². The summed E-state index contributed by atoms with van der Waals surface area (Å²) >= 11 is 5.84. The molecule has 3 N–H and O–H groups in total. The second-order valence-corrected chi connectivity index (χ2v) is 5.93. The highest BCUT2D eigenvalue weighted by molar-refractivity contribution is 6.30. The summed E-state index contributed by atoms with van der Waals surface area (Å²) in [7, 11) is 0. The monoisotopic (exact) mass is 377 g/mol. The molecule has 2 aromatic rings. The molecule has 3 amide bonds. The van der Waals surface area contributed by atoms with Crippen LogP contribution in [0.1, 0.15) is 35.3 Å². The molecule has 0 aromatic heterocycles. The van der Waals surface area contributed by atoms with E-state index in [1.165, 1.54) is 25.1 Å². The maximum Gasteiger partial charge on any atom is 0.272 e. The number of hydrogen-bond donors (Lipinski definition) is 3. The minimum atomic E-state index is -0.779. The van der Waals surface area contributed by atoms with Crippen LogP contribution in [0.25, 0.3) is 0 Å². The summed E-state index contributed by atoms with van der Waals surface area (Å²) in [6.45, 7) is 1.33. The Hall–Kier alpha value is -2.93. The van der Waals surface area contributed by atoms with Gasteiger partial charge < -0.3 is 5.32 Å². The first kappa shape index (κ1) is 19.4. The van der Waals surface area contributed by atoms with Crippen LogP contribution in [-0.4, -0.2) is 17.7 Å². The normalized spacial score (nSPS) is 11.3. The van der Waals surface area contributed by atoms with Crippen LogP contribution in [0.15, 0.2) is 48.5 Å². The third-order valence-corrected chi connectivity index (χ3v) is 3.73. The fraction of sp³-hybridized carbons (Fsp3) is 0.167. The lowest BCUT2D eigenvalue weighted by molar-refractivity contribution is -0.123. The Morgan fingerprint density at radius 2 is 1.69 bits per heavy atom. The van der Waals surface area contributed by atoms with Crippen LogP contribution in [0.5, 0.6) is 0 Å². The van der Waals surface area contributed by atoms with E-state index in [1.807, 2.05) is 0 Å². The Bertz CT molecular complexity index is 812. The molecule has 0 heterocycles. The van der Waals surface area contributed by atoms with Gasteiger partial charge in [-0.15, -0.1) is 0 Å². The van der Waals surface area contributed by atoms with Gasteiger partial charge in [-0.2, -0.15) is 0 Å². The van der Waals surface area contributed by atoms with Crippen LogP contribution >= 0.6 is 11.6 Å². The molecule has 0 radical (unpaired) electrons. The van der Waals surface area contributed by atoms with Crippen molar-refractivity contribution >= 4 is 29.3 Å². The lowest BCUT2D eigenvalue weighted by atomic mass is 10.0. The standard InChI is InChI=1S/C18H17ClFN3O3/c1-11(24)21-16(12-6-8-13(19)9-7-12)10-17(25)22-23-18(26)14-4-2-3-5-15(14)20/h2-9,16H,10H2,1H3,(H,21,24)(H,22,25)(H,23,26). The SMILES string of the molecule is CC(=O)NC(CC(=O)NNC(=O)c1ccccc1F)c1ccc(Cl)cc1. The van der Waals surface area contributed by atoms with Crippen molar-refractivity contribution in [2.45, 2.75) is 19.4 Å². The molecule has 26 heavy (non-hydrogen) atoms. The minimum absolute atomic E-state index is 0.126. The van der Waals surface area contributed by atoms with Crippen LogP contribution in [0, 0.1) is 5.82 Å². The van der Waals surface area contributed by atoms with E-state index in [2.05, 4.69) is 16.2 Å². The van der Waals surface area contributed by atoms with Crippen LogP contribution in [0.2, 0.25) is 5.02 Å². The summed E-state index contributed by atoms with van der Waals surface area (Å²) in [5.41, 5.74) is 4.85. The quantitative estimate of drug-likeness (QED) is 0.700. The van der Waals surface area contributed by atoms with Crippen LogP contribution < -0.4 is 16.2 Å². The Morgan fingerprint density at radius 1 is 1.04 bits per heavy atom. The highest BCUT2D eigenvalue weighted by Gasteiger charge is 2.18. The van der Waals surface area contributed by atoms with Gasteiger partial charge in [0.25, 0.3) is 5.91 Å². The highest BCUT2D eigenvalue weighted by atomic mass is 35.5. The van der Waals surface area contributed by atoms with E-state index in [0.29, 0.717) is 10.6 Å². The zero-order valence-corrected chi connectivity index (χ0v) is 14.6. The molecule has 2 aromatic carbocycles. The topological polar surface area (TPSA) is 87.3 Å². The summed E-state index contributed by atoms with van der Waals surface area (Å²) in [6.07, 6.45) is -0.126. The average molecular weight is 378 g/mol. The van der Waals surface area contributed by atoms with Crippen molar-refractivity contribution in [1.82, 2.24) is 16.2 Å². The first-order chi connectivity index (χ1) is 12.4. The maximum atomic E-state index is 13.5. The number of amides is 3. The third-order valence-electron chi connectivity index (χ3n) is 3.47. The van der Waals surface area contributed by atoms with Gasteiger partial charge in [0, 0.05) is 11.9 Å². The van der Waals surface area contributed by atoms with Crippen LogP contribution in [-0.2, 0) is 9.59 Å². The van der Waals surface area contributed by atoms with E-state index >= 15 is 0 Å². The van der Waals surface area contributed by atoms with E-state index in [1.54, 1.807) is 24.3 Å². The molecule has 1 unspecified atom stereocenters. The number of carbonyl (C=O) groups excluding carboxylic acids is 3.